The summed E-state index contributed by atoms with van der Waals surface area (Å²) in [6, 6.07) is 0. The summed E-state index contributed by atoms with van der Waals surface area (Å²) >= 11 is 0. The van der Waals surface area contributed by atoms with E-state index in [0.717, 1.165) is 6.42 Å². The number of nitrogens with one attached hydrogen (secondary N) is 1. The Labute approximate surface area is 59.9 Å². The van der Waals surface area contributed by atoms with Gasteiger partial charge in [0.15, 0.2) is 0 Å². The lowest BCUT2D eigenvalue weighted by Gasteiger charge is -2.00. The van der Waals surface area contributed by atoms with Crippen LogP contribution in [0.5, 0.6) is 0 Å². The molecule has 0 atom stereocenters. The van der Waals surface area contributed by atoms with E-state index in [2.05, 4.69) is 5.32 Å². The van der Waals surface area contributed by atoms with Crippen molar-refractivity contribution in [1.82, 2.24) is 5.32 Å². The summed E-state index contributed by atoms with van der Waals surface area (Å²) in [7, 11) is 1.71. The maximum atomic E-state index is 12.8. The molecule has 54 valence electrons. The number of hydrogen-bond donors (Lipinski definition) is 1. The Morgan fingerprint density at radius 1 is 1.60 bits per heavy atom. The lowest BCUT2D eigenvalue weighted by atomic mass is 10.3. The first-order valence-corrected chi connectivity index (χ1v) is 3.25. The molecule has 0 aliphatic heterocycles. The normalized spacial score (nSPS) is 17.4. The smallest absolute Gasteiger partial charge is 0.145 e. The van der Waals surface area contributed by atoms with Gasteiger partial charge in [0.25, 0.3) is 0 Å². The highest BCUT2D eigenvalue weighted by atomic mass is 19.1. The van der Waals surface area contributed by atoms with E-state index < -0.39 is 0 Å². The van der Waals surface area contributed by atoms with Gasteiger partial charge < -0.3 is 5.32 Å². The summed E-state index contributed by atoms with van der Waals surface area (Å²) < 4.78 is 12.8. The van der Waals surface area contributed by atoms with Gasteiger partial charge in [-0.15, -0.1) is 0 Å². The van der Waals surface area contributed by atoms with Crippen LogP contribution in [0.2, 0.25) is 0 Å². The molecule has 0 radical (unpaired) electrons. The molecule has 0 bridgehead atoms. The molecule has 0 saturated heterocycles. The molecule has 0 aromatic carbocycles. The topological polar surface area (TPSA) is 12.0 Å². The first-order chi connectivity index (χ1) is 4.84. The van der Waals surface area contributed by atoms with E-state index in [1.807, 2.05) is 12.2 Å². The van der Waals surface area contributed by atoms with Crippen LogP contribution in [0.1, 0.15) is 6.42 Å². The zero-order valence-electron chi connectivity index (χ0n) is 5.89. The fourth-order valence-corrected chi connectivity index (χ4v) is 0.826. The minimum Gasteiger partial charge on any atom is -0.386 e. The van der Waals surface area contributed by atoms with E-state index in [-0.39, 0.29) is 5.83 Å². The monoisotopic (exact) mass is 139 g/mol. The Hall–Kier alpha value is -1.05. The molecular formula is C8H10FN. The number of hydrogen-bond acceptors (Lipinski definition) is 1. The van der Waals surface area contributed by atoms with Crippen molar-refractivity contribution in [2.24, 2.45) is 0 Å². The molecule has 1 N–H and O–H groups in total. The molecule has 1 aliphatic carbocycles. The summed E-state index contributed by atoms with van der Waals surface area (Å²) in [5.41, 5.74) is 0.574. The van der Waals surface area contributed by atoms with Crippen molar-refractivity contribution in [1.29, 1.82) is 0 Å². The van der Waals surface area contributed by atoms with Crippen LogP contribution in [-0.4, -0.2) is 7.05 Å². The largest absolute Gasteiger partial charge is 0.386 e. The van der Waals surface area contributed by atoms with Gasteiger partial charge in [0.2, 0.25) is 0 Å². The third kappa shape index (κ3) is 1.47. The van der Waals surface area contributed by atoms with Crippen molar-refractivity contribution in [2.75, 3.05) is 7.05 Å². The summed E-state index contributed by atoms with van der Waals surface area (Å²) in [5.74, 6) is -0.198. The Bertz CT molecular complexity index is 201. The van der Waals surface area contributed by atoms with Crippen LogP contribution >= 0.6 is 0 Å². The average Bonchev–Trinajstić information content (AvgIpc) is 2.13. The minimum absolute atomic E-state index is 0.198. The van der Waals surface area contributed by atoms with Crippen molar-refractivity contribution in [3.63, 3.8) is 0 Å². The van der Waals surface area contributed by atoms with Gasteiger partial charge in [-0.05, 0) is 12.5 Å². The summed E-state index contributed by atoms with van der Waals surface area (Å²) in [6.07, 6.45) is 7.69. The van der Waals surface area contributed by atoms with E-state index in [1.165, 1.54) is 6.08 Å². The van der Waals surface area contributed by atoms with Crippen LogP contribution in [0.4, 0.5) is 4.39 Å². The van der Waals surface area contributed by atoms with Gasteiger partial charge in [0.1, 0.15) is 5.83 Å². The van der Waals surface area contributed by atoms with Crippen LogP contribution < -0.4 is 5.32 Å². The van der Waals surface area contributed by atoms with Gasteiger partial charge in [0, 0.05) is 7.05 Å². The van der Waals surface area contributed by atoms with Crippen molar-refractivity contribution in [3.8, 4) is 0 Å². The van der Waals surface area contributed by atoms with Crippen LogP contribution in [0.15, 0.2) is 35.8 Å². The second-order valence-electron chi connectivity index (χ2n) is 2.05. The van der Waals surface area contributed by atoms with Crippen molar-refractivity contribution >= 4 is 0 Å². The number of allylic oxidation sites excluding steroid dienone is 5. The molecule has 1 nitrogen and oxygen atoms in total. The zero-order valence-corrected chi connectivity index (χ0v) is 5.89. The second kappa shape index (κ2) is 3.20. The SMILES string of the molecule is CNC1=CCC=CC=C1F. The Balaban J connectivity index is 2.81. The van der Waals surface area contributed by atoms with Crippen molar-refractivity contribution in [2.45, 2.75) is 6.42 Å². The standard InChI is InChI=1S/C8H10FN/c1-10-8-6-4-2-3-5-7(8)9/h2-3,5-6,10H,4H2,1H3. The minimum atomic E-state index is -0.198. The Kier molecular flexibility index (Phi) is 2.26. The van der Waals surface area contributed by atoms with Gasteiger partial charge in [0.05, 0.1) is 5.70 Å². The molecule has 2 heteroatoms. The Morgan fingerprint density at radius 3 is 3.10 bits per heavy atom. The summed E-state index contributed by atoms with van der Waals surface area (Å²) in [6.45, 7) is 0. The third-order valence-corrected chi connectivity index (χ3v) is 1.36. The maximum absolute atomic E-state index is 12.8. The number of halogens is 1. The first kappa shape index (κ1) is 7.06. The number of likely N-dealkylation sites (N-methyl/N-ethyl adjacent to an activating group) is 1. The zero-order chi connectivity index (χ0) is 7.40. The van der Waals surface area contributed by atoms with E-state index >= 15 is 0 Å². The lowest BCUT2D eigenvalue weighted by Crippen LogP contribution is -2.05. The first-order valence-electron chi connectivity index (χ1n) is 3.25. The van der Waals surface area contributed by atoms with Gasteiger partial charge >= 0.3 is 0 Å². The molecule has 0 aromatic heterocycles. The molecule has 0 unspecified atom stereocenters. The third-order valence-electron chi connectivity index (χ3n) is 1.36. The highest BCUT2D eigenvalue weighted by Gasteiger charge is 2.00. The predicted octanol–water partition coefficient (Wildman–Crippen LogP) is 1.90. The van der Waals surface area contributed by atoms with Crippen LogP contribution in [-0.2, 0) is 0 Å². The molecule has 1 rings (SSSR count). The molecule has 0 heterocycles. The van der Waals surface area contributed by atoms with Crippen LogP contribution in [0.25, 0.3) is 0 Å². The number of rotatable bonds is 1. The average molecular weight is 139 g/mol. The summed E-state index contributed by atoms with van der Waals surface area (Å²) in [5, 5.41) is 2.77. The highest BCUT2D eigenvalue weighted by molar-refractivity contribution is 5.30. The molecule has 0 amide bonds. The maximum Gasteiger partial charge on any atom is 0.145 e. The molecule has 0 spiro atoms. The fraction of sp³-hybridized carbons (Fsp3) is 0.250. The van der Waals surface area contributed by atoms with Crippen molar-refractivity contribution in [3.05, 3.63) is 35.8 Å². The van der Waals surface area contributed by atoms with Crippen molar-refractivity contribution < 1.29 is 4.39 Å². The second-order valence-corrected chi connectivity index (χ2v) is 2.05. The molecule has 0 fully saturated rings. The van der Waals surface area contributed by atoms with Crippen LogP contribution in [0, 0.1) is 0 Å². The molecule has 0 aromatic rings. The predicted molar refractivity (Wildman–Crippen MR) is 40.1 cm³/mol. The van der Waals surface area contributed by atoms with Crippen LogP contribution in [0.3, 0.4) is 0 Å². The van der Waals surface area contributed by atoms with Gasteiger partial charge in [-0.3, -0.25) is 0 Å². The molecular weight excluding hydrogens is 129 g/mol. The van der Waals surface area contributed by atoms with E-state index in [1.54, 1.807) is 13.1 Å². The molecule has 0 saturated carbocycles. The van der Waals surface area contributed by atoms with Gasteiger partial charge in [-0.1, -0.05) is 18.2 Å². The molecule has 1 aliphatic rings. The Morgan fingerprint density at radius 2 is 2.40 bits per heavy atom. The lowest BCUT2D eigenvalue weighted by molar-refractivity contribution is 0.633. The van der Waals surface area contributed by atoms with E-state index in [9.17, 15) is 4.39 Å². The van der Waals surface area contributed by atoms with E-state index in [4.69, 9.17) is 0 Å². The molecule has 10 heavy (non-hydrogen) atoms. The van der Waals surface area contributed by atoms with Gasteiger partial charge in [-0.2, -0.15) is 0 Å². The fourth-order valence-electron chi connectivity index (χ4n) is 0.826. The van der Waals surface area contributed by atoms with E-state index in [0.29, 0.717) is 5.70 Å². The highest BCUT2D eigenvalue weighted by Crippen LogP contribution is 2.11. The quantitative estimate of drug-likeness (QED) is 0.585. The van der Waals surface area contributed by atoms with Gasteiger partial charge in [-0.25, -0.2) is 4.39 Å². The summed E-state index contributed by atoms with van der Waals surface area (Å²) in [4.78, 5) is 0.